The van der Waals surface area contributed by atoms with Gasteiger partial charge in [-0.2, -0.15) is 0 Å². The van der Waals surface area contributed by atoms with Crippen molar-refractivity contribution in [3.8, 4) is 22.8 Å². The number of amides is 2. The van der Waals surface area contributed by atoms with Crippen LogP contribution in [0.2, 0.25) is 0 Å². The molecular weight excluding hydrogens is 414 g/mol. The first-order valence-corrected chi connectivity index (χ1v) is 11.0. The van der Waals surface area contributed by atoms with Gasteiger partial charge >= 0.3 is 0 Å². The Morgan fingerprint density at radius 3 is 2.72 bits per heavy atom. The van der Waals surface area contributed by atoms with Crippen LogP contribution < -0.4 is 14.8 Å². The molecule has 2 fully saturated rings. The lowest BCUT2D eigenvalue weighted by molar-refractivity contribution is -0.121. The Morgan fingerprint density at radius 2 is 2.03 bits per heavy atom. The molecule has 4 rings (SSSR count). The van der Waals surface area contributed by atoms with Gasteiger partial charge in [-0.1, -0.05) is 5.16 Å². The van der Waals surface area contributed by atoms with Gasteiger partial charge in [0, 0.05) is 38.2 Å². The number of aromatic nitrogens is 1. The second-order valence-electron chi connectivity index (χ2n) is 8.12. The van der Waals surface area contributed by atoms with Crippen molar-refractivity contribution >= 4 is 11.8 Å². The third-order valence-electron chi connectivity index (χ3n) is 5.69. The average molecular weight is 444 g/mol. The first-order valence-electron chi connectivity index (χ1n) is 11.0. The predicted molar refractivity (Wildman–Crippen MR) is 116 cm³/mol. The molecule has 1 aliphatic heterocycles. The lowest BCUT2D eigenvalue weighted by atomic mass is 10.1. The summed E-state index contributed by atoms with van der Waals surface area (Å²) in [6, 6.07) is 7.19. The molecule has 0 unspecified atom stereocenters. The zero-order valence-electron chi connectivity index (χ0n) is 18.5. The maximum Gasteiger partial charge on any atom is 0.276 e. The van der Waals surface area contributed by atoms with E-state index in [0.717, 1.165) is 25.7 Å². The van der Waals surface area contributed by atoms with Crippen molar-refractivity contribution in [3.05, 3.63) is 30.0 Å². The van der Waals surface area contributed by atoms with Crippen molar-refractivity contribution < 1.29 is 28.3 Å². The van der Waals surface area contributed by atoms with Crippen molar-refractivity contribution in [2.45, 2.75) is 44.2 Å². The highest BCUT2D eigenvalue weighted by Crippen LogP contribution is 2.34. The summed E-state index contributed by atoms with van der Waals surface area (Å²) >= 11 is 0. The van der Waals surface area contributed by atoms with Crippen molar-refractivity contribution in [2.75, 3.05) is 33.9 Å². The van der Waals surface area contributed by atoms with E-state index in [1.807, 2.05) is 0 Å². The van der Waals surface area contributed by atoms with Gasteiger partial charge in [-0.15, -0.1) is 0 Å². The van der Waals surface area contributed by atoms with Gasteiger partial charge in [0.05, 0.1) is 25.9 Å². The molecule has 2 amide bonds. The molecule has 1 atom stereocenters. The third-order valence-corrected chi connectivity index (χ3v) is 5.69. The molecule has 1 aromatic carbocycles. The molecule has 1 N–H and O–H groups in total. The first-order chi connectivity index (χ1) is 15.6. The Hall–Kier alpha value is -3.07. The average Bonchev–Trinajstić information content (AvgIpc) is 3.27. The molecule has 1 saturated carbocycles. The van der Waals surface area contributed by atoms with Crippen LogP contribution in [0.3, 0.4) is 0 Å². The fourth-order valence-electron chi connectivity index (χ4n) is 3.75. The van der Waals surface area contributed by atoms with Gasteiger partial charge in [-0.3, -0.25) is 9.59 Å². The summed E-state index contributed by atoms with van der Waals surface area (Å²) in [6.07, 6.45) is 4.13. The number of nitrogens with zero attached hydrogens (tertiary/aromatic N) is 2. The molecule has 172 valence electrons. The molecule has 1 saturated heterocycles. The first kappa shape index (κ1) is 22.1. The smallest absolute Gasteiger partial charge is 0.276 e. The van der Waals surface area contributed by atoms with Crippen LogP contribution in [0.25, 0.3) is 11.3 Å². The molecule has 1 aromatic heterocycles. The molecule has 32 heavy (non-hydrogen) atoms. The molecule has 2 aliphatic rings. The number of hydrogen-bond donors (Lipinski definition) is 1. The largest absolute Gasteiger partial charge is 0.497 e. The summed E-state index contributed by atoms with van der Waals surface area (Å²) in [5, 5.41) is 6.96. The van der Waals surface area contributed by atoms with Crippen molar-refractivity contribution in [1.82, 2.24) is 15.4 Å². The van der Waals surface area contributed by atoms with Crippen LogP contribution in [0.15, 0.2) is 28.8 Å². The fourth-order valence-corrected chi connectivity index (χ4v) is 3.75. The summed E-state index contributed by atoms with van der Waals surface area (Å²) in [6.45, 7) is 1.40. The number of methoxy groups -OCH3 is 2. The van der Waals surface area contributed by atoms with Crippen molar-refractivity contribution in [3.63, 3.8) is 0 Å². The number of ether oxygens (including phenoxy) is 3. The zero-order valence-corrected chi connectivity index (χ0v) is 18.5. The van der Waals surface area contributed by atoms with Crippen LogP contribution in [0.5, 0.6) is 11.5 Å². The topological polar surface area (TPSA) is 103 Å². The number of rotatable bonds is 10. The summed E-state index contributed by atoms with van der Waals surface area (Å²) in [5.41, 5.74) is 0.804. The van der Waals surface area contributed by atoms with E-state index in [0.29, 0.717) is 48.6 Å². The van der Waals surface area contributed by atoms with Gasteiger partial charge < -0.3 is 29.0 Å². The highest BCUT2D eigenvalue weighted by atomic mass is 16.5. The number of carbonyl (C=O) groups is 2. The second-order valence-corrected chi connectivity index (χ2v) is 8.12. The van der Waals surface area contributed by atoms with E-state index >= 15 is 0 Å². The van der Waals surface area contributed by atoms with Gasteiger partial charge in [0.25, 0.3) is 5.91 Å². The summed E-state index contributed by atoms with van der Waals surface area (Å²) in [7, 11) is 3.13. The fraction of sp³-hybridized carbons (Fsp3) is 0.522. The Labute approximate surface area is 187 Å². The number of benzene rings is 1. The molecule has 0 radical (unpaired) electrons. The van der Waals surface area contributed by atoms with Crippen LogP contribution in [-0.4, -0.2) is 67.9 Å². The van der Waals surface area contributed by atoms with Gasteiger partial charge in [-0.25, -0.2) is 0 Å². The van der Waals surface area contributed by atoms with Crippen molar-refractivity contribution in [2.24, 2.45) is 0 Å². The molecule has 2 aromatic rings. The Morgan fingerprint density at radius 1 is 1.19 bits per heavy atom. The molecule has 9 heteroatoms. The minimum absolute atomic E-state index is 0.0321. The Balaban J connectivity index is 1.50. The second kappa shape index (κ2) is 10.0. The van der Waals surface area contributed by atoms with E-state index in [9.17, 15) is 9.59 Å². The summed E-state index contributed by atoms with van der Waals surface area (Å²) < 4.78 is 21.9. The standard InChI is InChI=1S/C23H29N3O6/c1-29-16-7-8-20(30-2)18(12-16)21-13-19(25-32-21)23(28)26(14-17-4-3-11-31-17)10-9-22(27)24-15-5-6-15/h7-8,12-13,15,17H,3-6,9-11,14H2,1-2H3,(H,24,27)/t17-/m0/s1. The number of carbonyl (C=O) groups excluding carboxylic acids is 2. The highest BCUT2D eigenvalue weighted by molar-refractivity contribution is 5.93. The van der Waals surface area contributed by atoms with E-state index in [-0.39, 0.29) is 30.0 Å². The molecule has 0 bridgehead atoms. The SMILES string of the molecule is COc1ccc(OC)c(-c2cc(C(=O)N(CCC(=O)NC3CC3)C[C@@H]3CCCO3)no2)c1. The van der Waals surface area contributed by atoms with Gasteiger partial charge in [0.2, 0.25) is 5.91 Å². The van der Waals surface area contributed by atoms with E-state index in [1.165, 1.54) is 0 Å². The quantitative estimate of drug-likeness (QED) is 0.602. The van der Waals surface area contributed by atoms with Crippen LogP contribution >= 0.6 is 0 Å². The Kier molecular flexibility index (Phi) is 6.94. The van der Waals surface area contributed by atoms with Crippen LogP contribution in [0.4, 0.5) is 0 Å². The van der Waals surface area contributed by atoms with Gasteiger partial charge in [-0.05, 0) is 43.9 Å². The van der Waals surface area contributed by atoms with Gasteiger partial charge in [0.15, 0.2) is 11.5 Å². The van der Waals surface area contributed by atoms with Crippen LogP contribution in [-0.2, 0) is 9.53 Å². The number of nitrogens with one attached hydrogen (secondary N) is 1. The van der Waals surface area contributed by atoms with E-state index < -0.39 is 0 Å². The molecule has 2 heterocycles. The Bertz CT molecular complexity index is 949. The van der Waals surface area contributed by atoms with Gasteiger partial charge in [0.1, 0.15) is 11.5 Å². The zero-order chi connectivity index (χ0) is 22.5. The van der Waals surface area contributed by atoms with Crippen LogP contribution in [0.1, 0.15) is 42.6 Å². The maximum absolute atomic E-state index is 13.3. The molecule has 9 nitrogen and oxygen atoms in total. The third kappa shape index (κ3) is 5.40. The van der Waals surface area contributed by atoms with E-state index in [4.69, 9.17) is 18.7 Å². The lowest BCUT2D eigenvalue weighted by Gasteiger charge is -2.24. The minimum atomic E-state index is -0.295. The molecule has 0 spiro atoms. The number of hydrogen-bond acceptors (Lipinski definition) is 7. The monoisotopic (exact) mass is 443 g/mol. The lowest BCUT2D eigenvalue weighted by Crippen LogP contribution is -2.40. The molecular formula is C23H29N3O6. The predicted octanol–water partition coefficient (Wildman–Crippen LogP) is 2.65. The summed E-state index contributed by atoms with van der Waals surface area (Å²) in [5.74, 6) is 1.27. The summed E-state index contributed by atoms with van der Waals surface area (Å²) in [4.78, 5) is 27.1. The maximum atomic E-state index is 13.3. The van der Waals surface area contributed by atoms with E-state index in [2.05, 4.69) is 10.5 Å². The minimum Gasteiger partial charge on any atom is -0.497 e. The van der Waals surface area contributed by atoms with E-state index in [1.54, 1.807) is 43.4 Å². The molecule has 1 aliphatic carbocycles. The van der Waals surface area contributed by atoms with Crippen molar-refractivity contribution in [1.29, 1.82) is 0 Å². The normalized spacial score (nSPS) is 17.8. The highest BCUT2D eigenvalue weighted by Gasteiger charge is 2.28. The van der Waals surface area contributed by atoms with Crippen LogP contribution in [0, 0.1) is 0 Å².